The molecule has 0 spiro atoms. The van der Waals surface area contributed by atoms with Crippen molar-refractivity contribution in [3.05, 3.63) is 51.9 Å². The van der Waals surface area contributed by atoms with E-state index in [-0.39, 0.29) is 36.5 Å². The van der Waals surface area contributed by atoms with Crippen molar-refractivity contribution in [3.63, 3.8) is 0 Å². The molecular weight excluding hydrogens is 439 g/mol. The maximum Gasteiger partial charge on any atom is 0.259 e. The number of nitrogens with two attached hydrogens (primary N) is 1. The minimum absolute atomic E-state index is 0. The van der Waals surface area contributed by atoms with E-state index < -0.39 is 0 Å². The van der Waals surface area contributed by atoms with Gasteiger partial charge in [0.15, 0.2) is 0 Å². The number of nitrogens with zero attached hydrogens (tertiary/aromatic N) is 4. The van der Waals surface area contributed by atoms with Gasteiger partial charge in [0.05, 0.1) is 6.54 Å². The number of aryl methyl sites for hydroxylation is 1. The molecule has 0 bridgehead atoms. The number of anilines is 1. The second kappa shape index (κ2) is 9.64. The number of likely N-dealkylation sites (tertiary alicyclic amines) is 1. The van der Waals surface area contributed by atoms with Crippen LogP contribution in [0.3, 0.4) is 0 Å². The SMILES string of the molecule is Cl.Cn1c(=O)c(-c2ccccc2Cl)cc2cnc(NC3CCN(CC(N)=O)CC3)nc21. The van der Waals surface area contributed by atoms with Crippen LogP contribution in [0.1, 0.15) is 12.8 Å². The van der Waals surface area contributed by atoms with Gasteiger partial charge >= 0.3 is 0 Å². The van der Waals surface area contributed by atoms with Crippen LogP contribution >= 0.6 is 24.0 Å². The van der Waals surface area contributed by atoms with Crippen LogP contribution in [0.2, 0.25) is 5.02 Å². The molecule has 0 saturated carbocycles. The summed E-state index contributed by atoms with van der Waals surface area (Å²) in [5, 5.41) is 4.63. The molecule has 164 valence electrons. The van der Waals surface area contributed by atoms with Gasteiger partial charge in [0, 0.05) is 53.9 Å². The number of piperidine rings is 1. The number of amides is 1. The van der Waals surface area contributed by atoms with E-state index in [1.807, 2.05) is 23.1 Å². The second-order valence-corrected chi connectivity index (χ2v) is 7.94. The topological polar surface area (TPSA) is 106 Å². The fourth-order valence-electron chi connectivity index (χ4n) is 3.83. The molecule has 0 radical (unpaired) electrons. The molecular formula is C21H24Cl2N6O2. The largest absolute Gasteiger partial charge is 0.369 e. The zero-order valence-corrected chi connectivity index (χ0v) is 18.6. The number of hydrogen-bond donors (Lipinski definition) is 2. The van der Waals surface area contributed by atoms with Crippen molar-refractivity contribution in [1.82, 2.24) is 19.4 Å². The molecule has 2 aromatic heterocycles. The van der Waals surface area contributed by atoms with Gasteiger partial charge in [-0.3, -0.25) is 19.1 Å². The summed E-state index contributed by atoms with van der Waals surface area (Å²) in [5.41, 5.74) is 6.86. The molecule has 3 heterocycles. The van der Waals surface area contributed by atoms with E-state index in [0.717, 1.165) is 31.3 Å². The number of halogens is 2. The third kappa shape index (κ3) is 4.98. The van der Waals surface area contributed by atoms with Crippen LogP contribution in [0, 0.1) is 0 Å². The number of aromatic nitrogens is 3. The van der Waals surface area contributed by atoms with Gasteiger partial charge in [-0.05, 0) is 25.0 Å². The number of nitrogens with one attached hydrogen (secondary N) is 1. The number of benzene rings is 1. The molecule has 1 aliphatic heterocycles. The van der Waals surface area contributed by atoms with E-state index in [0.29, 0.717) is 27.7 Å². The molecule has 0 atom stereocenters. The smallest absolute Gasteiger partial charge is 0.259 e. The molecule has 0 unspecified atom stereocenters. The number of rotatable bonds is 5. The minimum atomic E-state index is -0.309. The van der Waals surface area contributed by atoms with Crippen LogP contribution in [0.25, 0.3) is 22.2 Å². The highest BCUT2D eigenvalue weighted by atomic mass is 35.5. The Hall–Kier alpha value is -2.68. The molecule has 1 fully saturated rings. The summed E-state index contributed by atoms with van der Waals surface area (Å²) in [5.74, 6) is 0.174. The predicted octanol–water partition coefficient (Wildman–Crippen LogP) is 2.43. The van der Waals surface area contributed by atoms with Gasteiger partial charge in [-0.25, -0.2) is 4.98 Å². The van der Waals surface area contributed by atoms with Gasteiger partial charge in [0.1, 0.15) is 5.65 Å². The highest BCUT2D eigenvalue weighted by Gasteiger charge is 2.21. The maximum atomic E-state index is 12.9. The first-order chi connectivity index (χ1) is 14.4. The van der Waals surface area contributed by atoms with Crippen LogP contribution in [-0.4, -0.2) is 51.0 Å². The van der Waals surface area contributed by atoms with Gasteiger partial charge in [0.25, 0.3) is 5.56 Å². The standard InChI is InChI=1S/C21H23ClN6O2.ClH/c1-27-19-13(10-16(20(27)30)15-4-2-3-5-17(15)22)11-24-21(26-19)25-14-6-8-28(9-7-14)12-18(23)29;/h2-5,10-11,14H,6-9,12H2,1H3,(H2,23,29)(H,24,25,26);1H. The van der Waals surface area contributed by atoms with E-state index in [9.17, 15) is 9.59 Å². The Labute approximate surface area is 190 Å². The molecule has 1 aromatic carbocycles. The number of fused-ring (bicyclic) bond motifs is 1. The summed E-state index contributed by atoms with van der Waals surface area (Å²) in [4.78, 5) is 35.1. The van der Waals surface area contributed by atoms with Gasteiger partial charge in [0.2, 0.25) is 11.9 Å². The number of hydrogen-bond acceptors (Lipinski definition) is 6. The zero-order chi connectivity index (χ0) is 21.3. The first-order valence-electron chi connectivity index (χ1n) is 9.81. The monoisotopic (exact) mass is 462 g/mol. The highest BCUT2D eigenvalue weighted by molar-refractivity contribution is 6.33. The van der Waals surface area contributed by atoms with Gasteiger partial charge in [-0.15, -0.1) is 12.4 Å². The Morgan fingerprint density at radius 3 is 2.65 bits per heavy atom. The van der Waals surface area contributed by atoms with E-state index in [1.165, 1.54) is 4.57 Å². The van der Waals surface area contributed by atoms with Crippen molar-refractivity contribution < 1.29 is 4.79 Å². The molecule has 3 N–H and O–H groups in total. The number of pyridine rings is 1. The average Bonchev–Trinajstić information content (AvgIpc) is 2.73. The van der Waals surface area contributed by atoms with Crippen molar-refractivity contribution in [2.75, 3.05) is 25.0 Å². The van der Waals surface area contributed by atoms with Crippen LogP contribution in [0.4, 0.5) is 5.95 Å². The quantitative estimate of drug-likeness (QED) is 0.602. The van der Waals surface area contributed by atoms with Crippen LogP contribution in [-0.2, 0) is 11.8 Å². The molecule has 1 saturated heterocycles. The normalized spacial score (nSPS) is 14.9. The lowest BCUT2D eigenvalue weighted by molar-refractivity contribution is -0.119. The van der Waals surface area contributed by atoms with Crippen LogP contribution in [0.5, 0.6) is 0 Å². The zero-order valence-electron chi connectivity index (χ0n) is 17.0. The van der Waals surface area contributed by atoms with Crippen molar-refractivity contribution in [1.29, 1.82) is 0 Å². The molecule has 0 aliphatic carbocycles. The lowest BCUT2D eigenvalue weighted by Crippen LogP contribution is -2.43. The highest BCUT2D eigenvalue weighted by Crippen LogP contribution is 2.27. The molecule has 1 amide bonds. The summed E-state index contributed by atoms with van der Waals surface area (Å²) in [6.45, 7) is 1.86. The molecule has 31 heavy (non-hydrogen) atoms. The molecule has 10 heteroatoms. The Kier molecular flexibility index (Phi) is 7.15. The van der Waals surface area contributed by atoms with Gasteiger partial charge < -0.3 is 11.1 Å². The molecule has 4 rings (SSSR count). The second-order valence-electron chi connectivity index (χ2n) is 7.54. The van der Waals surface area contributed by atoms with E-state index in [2.05, 4.69) is 15.3 Å². The summed E-state index contributed by atoms with van der Waals surface area (Å²) in [6, 6.07) is 9.25. The fraction of sp³-hybridized carbons (Fsp3) is 0.333. The van der Waals surface area contributed by atoms with E-state index in [4.69, 9.17) is 17.3 Å². The van der Waals surface area contributed by atoms with Crippen LogP contribution in [0.15, 0.2) is 41.3 Å². The van der Waals surface area contributed by atoms with Crippen LogP contribution < -0.4 is 16.6 Å². The molecule has 3 aromatic rings. The predicted molar refractivity (Wildman–Crippen MR) is 125 cm³/mol. The number of carbonyl (C=O) groups is 1. The number of primary amides is 1. The van der Waals surface area contributed by atoms with E-state index in [1.54, 1.807) is 25.4 Å². The Bertz CT molecular complexity index is 1160. The fourth-order valence-corrected chi connectivity index (χ4v) is 4.06. The summed E-state index contributed by atoms with van der Waals surface area (Å²) >= 11 is 6.29. The summed E-state index contributed by atoms with van der Waals surface area (Å²) in [7, 11) is 1.70. The lowest BCUT2D eigenvalue weighted by Gasteiger charge is -2.31. The van der Waals surface area contributed by atoms with Crippen molar-refractivity contribution in [3.8, 4) is 11.1 Å². The summed E-state index contributed by atoms with van der Waals surface area (Å²) in [6.07, 6.45) is 3.44. The first kappa shape index (κ1) is 23.0. The van der Waals surface area contributed by atoms with E-state index >= 15 is 0 Å². The van der Waals surface area contributed by atoms with Gasteiger partial charge in [-0.2, -0.15) is 4.98 Å². The minimum Gasteiger partial charge on any atom is -0.369 e. The third-order valence-corrected chi connectivity index (χ3v) is 5.74. The number of carbonyl (C=O) groups excluding carboxylic acids is 1. The van der Waals surface area contributed by atoms with Crippen molar-refractivity contribution in [2.45, 2.75) is 18.9 Å². The molecule has 1 aliphatic rings. The lowest BCUT2D eigenvalue weighted by atomic mass is 10.1. The van der Waals surface area contributed by atoms with Crippen molar-refractivity contribution in [2.24, 2.45) is 12.8 Å². The molecule has 8 nitrogen and oxygen atoms in total. The van der Waals surface area contributed by atoms with Gasteiger partial charge in [-0.1, -0.05) is 29.8 Å². The average molecular weight is 463 g/mol. The maximum absolute atomic E-state index is 12.9. The van der Waals surface area contributed by atoms with Crippen molar-refractivity contribution >= 4 is 46.9 Å². The Morgan fingerprint density at radius 1 is 1.26 bits per heavy atom. The first-order valence-corrected chi connectivity index (χ1v) is 10.2. The Balaban J connectivity index is 0.00000272. The Morgan fingerprint density at radius 2 is 1.97 bits per heavy atom. The third-order valence-electron chi connectivity index (χ3n) is 5.41. The summed E-state index contributed by atoms with van der Waals surface area (Å²) < 4.78 is 1.52.